The summed E-state index contributed by atoms with van der Waals surface area (Å²) in [5.74, 6) is 1.74. The van der Waals surface area contributed by atoms with Gasteiger partial charge in [-0.3, -0.25) is 0 Å². The van der Waals surface area contributed by atoms with Crippen LogP contribution in [0.2, 0.25) is 0 Å². The number of anilines is 1. The molecule has 0 amide bonds. The van der Waals surface area contributed by atoms with E-state index in [1.807, 2.05) is 20.0 Å². The van der Waals surface area contributed by atoms with Crippen LogP contribution in [-0.4, -0.2) is 17.0 Å². The molecule has 0 aliphatic rings. The predicted molar refractivity (Wildman–Crippen MR) is 70.3 cm³/mol. The van der Waals surface area contributed by atoms with Crippen LogP contribution in [0, 0.1) is 13.8 Å². The summed E-state index contributed by atoms with van der Waals surface area (Å²) in [5.41, 5.74) is 3.55. The van der Waals surface area contributed by atoms with Crippen molar-refractivity contribution in [2.24, 2.45) is 0 Å². The number of hydrogen-bond donors (Lipinski definition) is 1. The van der Waals surface area contributed by atoms with E-state index >= 15 is 0 Å². The molecule has 0 bridgehead atoms. The molecule has 0 radical (unpaired) electrons. The summed E-state index contributed by atoms with van der Waals surface area (Å²) in [5, 5.41) is 3.06. The molecule has 2 rings (SSSR count). The summed E-state index contributed by atoms with van der Waals surface area (Å²) in [4.78, 5) is 8.93. The van der Waals surface area contributed by atoms with Crippen molar-refractivity contribution < 1.29 is 0 Å². The van der Waals surface area contributed by atoms with Crippen molar-refractivity contribution in [3.05, 3.63) is 53.0 Å². The lowest BCUT2D eigenvalue weighted by molar-refractivity contribution is 0.938. The first-order chi connectivity index (χ1) is 8.19. The van der Waals surface area contributed by atoms with E-state index in [0.717, 1.165) is 23.8 Å². The number of nitrogens with zero attached hydrogens (tertiary/aromatic N) is 2. The molecule has 3 nitrogen and oxygen atoms in total. The first kappa shape index (κ1) is 11.6. The van der Waals surface area contributed by atoms with Crippen molar-refractivity contribution in [3.63, 3.8) is 0 Å². The van der Waals surface area contributed by atoms with E-state index < -0.39 is 0 Å². The van der Waals surface area contributed by atoms with Crippen LogP contribution in [0.1, 0.15) is 22.6 Å². The fourth-order valence-electron chi connectivity index (χ4n) is 1.82. The molecule has 0 aliphatic carbocycles. The number of nitrogens with one attached hydrogen (secondary N) is 1. The molecule has 0 aliphatic heterocycles. The number of rotatable bonds is 3. The Labute approximate surface area is 102 Å². The molecule has 0 atom stereocenters. The van der Waals surface area contributed by atoms with Crippen LogP contribution in [0.3, 0.4) is 0 Å². The minimum absolute atomic E-state index is 0.781. The van der Waals surface area contributed by atoms with Gasteiger partial charge in [0.1, 0.15) is 11.6 Å². The Balaban J connectivity index is 2.30. The fourth-order valence-corrected chi connectivity index (χ4v) is 1.82. The quantitative estimate of drug-likeness (QED) is 0.876. The summed E-state index contributed by atoms with van der Waals surface area (Å²) < 4.78 is 0. The Morgan fingerprint density at radius 2 is 1.88 bits per heavy atom. The third kappa shape index (κ3) is 2.81. The van der Waals surface area contributed by atoms with Crippen molar-refractivity contribution in [2.75, 3.05) is 12.4 Å². The van der Waals surface area contributed by atoms with Crippen LogP contribution in [-0.2, 0) is 6.42 Å². The summed E-state index contributed by atoms with van der Waals surface area (Å²) in [7, 11) is 1.87. The Kier molecular flexibility index (Phi) is 3.38. The Bertz CT molecular complexity index is 521. The van der Waals surface area contributed by atoms with Gasteiger partial charge in [-0.15, -0.1) is 0 Å². The smallest absolute Gasteiger partial charge is 0.135 e. The van der Waals surface area contributed by atoms with Gasteiger partial charge in [-0.2, -0.15) is 0 Å². The molecular weight excluding hydrogens is 210 g/mol. The van der Waals surface area contributed by atoms with Gasteiger partial charge in [-0.25, -0.2) is 9.97 Å². The van der Waals surface area contributed by atoms with E-state index in [4.69, 9.17) is 0 Å². The van der Waals surface area contributed by atoms with E-state index in [2.05, 4.69) is 46.5 Å². The standard InChI is InChI=1S/C14H17N3/c1-10-6-4-5-7-12(10)9-14-16-11(2)8-13(15-3)17-14/h4-8H,9H2,1-3H3,(H,15,16,17). The normalized spacial score (nSPS) is 10.3. The molecule has 17 heavy (non-hydrogen) atoms. The highest BCUT2D eigenvalue weighted by atomic mass is 15.0. The average Bonchev–Trinajstić information content (AvgIpc) is 2.31. The summed E-state index contributed by atoms with van der Waals surface area (Å²) >= 11 is 0. The highest BCUT2D eigenvalue weighted by molar-refractivity contribution is 5.36. The molecule has 0 saturated heterocycles. The van der Waals surface area contributed by atoms with Crippen LogP contribution < -0.4 is 5.32 Å². The van der Waals surface area contributed by atoms with Gasteiger partial charge in [0, 0.05) is 25.2 Å². The van der Waals surface area contributed by atoms with Crippen molar-refractivity contribution in [3.8, 4) is 0 Å². The SMILES string of the molecule is CNc1cc(C)nc(Cc2ccccc2C)n1. The number of aryl methyl sites for hydroxylation is 2. The van der Waals surface area contributed by atoms with Crippen molar-refractivity contribution in [2.45, 2.75) is 20.3 Å². The van der Waals surface area contributed by atoms with Crippen LogP contribution in [0.4, 0.5) is 5.82 Å². The first-order valence-electron chi connectivity index (χ1n) is 5.76. The third-order valence-corrected chi connectivity index (χ3v) is 2.77. The molecule has 2 aromatic rings. The molecule has 0 fully saturated rings. The van der Waals surface area contributed by atoms with Gasteiger partial charge >= 0.3 is 0 Å². The molecule has 0 unspecified atom stereocenters. The third-order valence-electron chi connectivity index (χ3n) is 2.77. The van der Waals surface area contributed by atoms with Crippen LogP contribution in [0.5, 0.6) is 0 Å². The van der Waals surface area contributed by atoms with Crippen molar-refractivity contribution >= 4 is 5.82 Å². The van der Waals surface area contributed by atoms with Gasteiger partial charge in [0.15, 0.2) is 0 Å². The predicted octanol–water partition coefficient (Wildman–Crippen LogP) is 2.73. The van der Waals surface area contributed by atoms with E-state index in [1.54, 1.807) is 0 Å². The van der Waals surface area contributed by atoms with Gasteiger partial charge in [0.05, 0.1) is 0 Å². The first-order valence-corrected chi connectivity index (χ1v) is 5.76. The maximum Gasteiger partial charge on any atom is 0.135 e. The molecule has 1 aromatic carbocycles. The van der Waals surface area contributed by atoms with E-state index in [9.17, 15) is 0 Å². The van der Waals surface area contributed by atoms with Crippen LogP contribution in [0.15, 0.2) is 30.3 Å². The molecule has 0 saturated carbocycles. The maximum absolute atomic E-state index is 4.47. The zero-order chi connectivity index (χ0) is 12.3. The van der Waals surface area contributed by atoms with Gasteiger partial charge in [0.25, 0.3) is 0 Å². The second-order valence-electron chi connectivity index (χ2n) is 4.16. The van der Waals surface area contributed by atoms with Gasteiger partial charge < -0.3 is 5.32 Å². The number of aromatic nitrogens is 2. The van der Waals surface area contributed by atoms with Crippen LogP contribution >= 0.6 is 0 Å². The Morgan fingerprint density at radius 1 is 1.12 bits per heavy atom. The van der Waals surface area contributed by atoms with Gasteiger partial charge in [-0.1, -0.05) is 24.3 Å². The minimum Gasteiger partial charge on any atom is -0.373 e. The molecule has 88 valence electrons. The van der Waals surface area contributed by atoms with Gasteiger partial charge in [-0.05, 0) is 25.0 Å². The van der Waals surface area contributed by atoms with Crippen molar-refractivity contribution in [1.82, 2.24) is 9.97 Å². The minimum atomic E-state index is 0.781. The zero-order valence-electron chi connectivity index (χ0n) is 10.5. The monoisotopic (exact) mass is 227 g/mol. The lowest BCUT2D eigenvalue weighted by atomic mass is 10.1. The fraction of sp³-hybridized carbons (Fsp3) is 0.286. The molecule has 0 spiro atoms. The average molecular weight is 227 g/mol. The highest BCUT2D eigenvalue weighted by Gasteiger charge is 2.04. The number of benzene rings is 1. The highest BCUT2D eigenvalue weighted by Crippen LogP contribution is 2.13. The van der Waals surface area contributed by atoms with Gasteiger partial charge in [0.2, 0.25) is 0 Å². The Hall–Kier alpha value is -1.90. The second-order valence-corrected chi connectivity index (χ2v) is 4.16. The molecule has 1 aromatic heterocycles. The van der Waals surface area contributed by atoms with E-state index in [1.165, 1.54) is 11.1 Å². The van der Waals surface area contributed by atoms with E-state index in [0.29, 0.717) is 0 Å². The number of hydrogen-bond acceptors (Lipinski definition) is 3. The Morgan fingerprint density at radius 3 is 2.59 bits per heavy atom. The summed E-state index contributed by atoms with van der Waals surface area (Å²) in [6.07, 6.45) is 0.781. The largest absolute Gasteiger partial charge is 0.373 e. The molecular formula is C14H17N3. The summed E-state index contributed by atoms with van der Waals surface area (Å²) in [6.45, 7) is 4.11. The summed E-state index contributed by atoms with van der Waals surface area (Å²) in [6, 6.07) is 10.3. The lowest BCUT2D eigenvalue weighted by Gasteiger charge is -2.07. The molecule has 3 heteroatoms. The zero-order valence-corrected chi connectivity index (χ0v) is 10.5. The second kappa shape index (κ2) is 4.95. The maximum atomic E-state index is 4.47. The topological polar surface area (TPSA) is 37.8 Å². The van der Waals surface area contributed by atoms with Crippen molar-refractivity contribution in [1.29, 1.82) is 0 Å². The molecule has 1 N–H and O–H groups in total. The van der Waals surface area contributed by atoms with Crippen LogP contribution in [0.25, 0.3) is 0 Å². The molecule has 1 heterocycles. The lowest BCUT2D eigenvalue weighted by Crippen LogP contribution is -2.03. The van der Waals surface area contributed by atoms with E-state index in [-0.39, 0.29) is 0 Å².